The maximum Gasteiger partial charge on any atom is 0.330 e. The number of esters is 1. The van der Waals surface area contributed by atoms with E-state index in [-0.39, 0.29) is 5.97 Å². The number of unbranched alkanes of at least 4 members (excludes halogenated alkanes) is 3. The lowest BCUT2D eigenvalue weighted by Crippen LogP contribution is -2.02. The highest BCUT2D eigenvalue weighted by Crippen LogP contribution is 2.52. The molecule has 16 heavy (non-hydrogen) atoms. The van der Waals surface area contributed by atoms with Crippen LogP contribution in [0.4, 0.5) is 0 Å². The lowest BCUT2D eigenvalue weighted by molar-refractivity contribution is -0.137. The van der Waals surface area contributed by atoms with Crippen molar-refractivity contribution in [3.8, 4) is 0 Å². The Morgan fingerprint density at radius 3 is 2.62 bits per heavy atom. The molecule has 92 valence electrons. The van der Waals surface area contributed by atoms with E-state index in [0.29, 0.717) is 17.9 Å². The molecule has 1 fully saturated rings. The van der Waals surface area contributed by atoms with Gasteiger partial charge in [0.05, 0.1) is 6.61 Å². The molecule has 1 rings (SSSR count). The molecule has 1 atom stereocenters. The van der Waals surface area contributed by atoms with Crippen molar-refractivity contribution in [1.82, 2.24) is 0 Å². The molecule has 2 nitrogen and oxygen atoms in total. The van der Waals surface area contributed by atoms with Gasteiger partial charge in [-0.1, -0.05) is 46.1 Å². The number of rotatable bonds is 7. The van der Waals surface area contributed by atoms with Gasteiger partial charge in [-0.25, -0.2) is 4.79 Å². The molecule has 0 amide bonds. The first-order valence-corrected chi connectivity index (χ1v) is 6.41. The molecule has 0 aromatic carbocycles. The molecule has 2 heteroatoms. The van der Waals surface area contributed by atoms with Crippen LogP contribution in [0.25, 0.3) is 0 Å². The maximum atomic E-state index is 11.3. The van der Waals surface area contributed by atoms with E-state index in [1.807, 2.05) is 6.08 Å². The zero-order chi connectivity index (χ0) is 12.0. The van der Waals surface area contributed by atoms with Crippen molar-refractivity contribution in [2.45, 2.75) is 52.9 Å². The third-order valence-corrected chi connectivity index (χ3v) is 3.30. The summed E-state index contributed by atoms with van der Waals surface area (Å²) >= 11 is 0. The van der Waals surface area contributed by atoms with E-state index in [2.05, 4.69) is 20.8 Å². The van der Waals surface area contributed by atoms with Crippen LogP contribution in [0.5, 0.6) is 0 Å². The van der Waals surface area contributed by atoms with E-state index in [4.69, 9.17) is 4.74 Å². The fourth-order valence-corrected chi connectivity index (χ4v) is 1.78. The third kappa shape index (κ3) is 4.82. The molecule has 0 aromatic heterocycles. The molecule has 0 aromatic rings. The molecule has 0 heterocycles. The van der Waals surface area contributed by atoms with Gasteiger partial charge in [-0.15, -0.1) is 0 Å². The van der Waals surface area contributed by atoms with Gasteiger partial charge < -0.3 is 4.74 Å². The number of allylic oxidation sites excluding steroid dienone is 1. The molecule has 1 aliphatic carbocycles. The highest BCUT2D eigenvalue weighted by atomic mass is 16.5. The topological polar surface area (TPSA) is 26.3 Å². The summed E-state index contributed by atoms with van der Waals surface area (Å²) in [5.74, 6) is 0.388. The van der Waals surface area contributed by atoms with E-state index in [9.17, 15) is 4.79 Å². The summed E-state index contributed by atoms with van der Waals surface area (Å²) < 4.78 is 5.11. The summed E-state index contributed by atoms with van der Waals surface area (Å²) in [6.45, 7) is 7.18. The van der Waals surface area contributed by atoms with Crippen LogP contribution in [-0.4, -0.2) is 12.6 Å². The zero-order valence-electron chi connectivity index (χ0n) is 10.8. The Bertz CT molecular complexity index is 253. The fourth-order valence-electron chi connectivity index (χ4n) is 1.78. The van der Waals surface area contributed by atoms with Crippen molar-refractivity contribution in [3.05, 3.63) is 12.2 Å². The monoisotopic (exact) mass is 224 g/mol. The Labute approximate surface area is 99.1 Å². The molecule has 1 unspecified atom stereocenters. The molecule has 1 saturated carbocycles. The lowest BCUT2D eigenvalue weighted by Gasteiger charge is -2.01. The summed E-state index contributed by atoms with van der Waals surface area (Å²) in [5, 5.41) is 0. The second-order valence-electron chi connectivity index (χ2n) is 5.39. The van der Waals surface area contributed by atoms with Gasteiger partial charge in [0.15, 0.2) is 0 Å². The summed E-state index contributed by atoms with van der Waals surface area (Å²) in [6.07, 6.45) is 9.36. The molecule has 0 radical (unpaired) electrons. The van der Waals surface area contributed by atoms with Crippen molar-refractivity contribution in [2.75, 3.05) is 6.61 Å². The Morgan fingerprint density at radius 2 is 2.06 bits per heavy atom. The van der Waals surface area contributed by atoms with Crippen molar-refractivity contribution in [1.29, 1.82) is 0 Å². The molecular formula is C14H24O2. The Kier molecular flexibility index (Phi) is 5.04. The largest absolute Gasteiger partial charge is 0.463 e. The van der Waals surface area contributed by atoms with Crippen LogP contribution in [0.2, 0.25) is 0 Å². The van der Waals surface area contributed by atoms with E-state index in [0.717, 1.165) is 12.8 Å². The Hall–Kier alpha value is -0.790. The average molecular weight is 224 g/mol. The minimum atomic E-state index is -0.181. The second kappa shape index (κ2) is 6.07. The van der Waals surface area contributed by atoms with E-state index >= 15 is 0 Å². The smallest absolute Gasteiger partial charge is 0.330 e. The molecule has 0 saturated heterocycles. The molecule has 1 aliphatic rings. The van der Waals surface area contributed by atoms with Gasteiger partial charge in [0.25, 0.3) is 0 Å². The average Bonchev–Trinajstić information content (AvgIpc) is 2.83. The molecule has 0 spiro atoms. The minimum Gasteiger partial charge on any atom is -0.463 e. The van der Waals surface area contributed by atoms with Crippen LogP contribution < -0.4 is 0 Å². The normalized spacial score (nSPS) is 22.3. The first kappa shape index (κ1) is 13.3. The number of carbonyl (C=O) groups is 1. The first-order chi connectivity index (χ1) is 7.56. The van der Waals surface area contributed by atoms with Gasteiger partial charge >= 0.3 is 5.97 Å². The maximum absolute atomic E-state index is 11.3. The van der Waals surface area contributed by atoms with Crippen LogP contribution in [0.15, 0.2) is 12.2 Å². The molecule has 0 bridgehead atoms. The SMILES string of the molecule is CCCCCCOC(=O)/C=C\C1CC1(C)C. The number of ether oxygens (including phenoxy) is 1. The van der Waals surface area contributed by atoms with Gasteiger partial charge in [-0.05, 0) is 24.2 Å². The molecule has 0 N–H and O–H groups in total. The standard InChI is InChI=1S/C14H24O2/c1-4-5-6-7-10-16-13(15)9-8-12-11-14(12,2)3/h8-9,12H,4-7,10-11H2,1-3H3/b9-8-. The van der Waals surface area contributed by atoms with Crippen molar-refractivity contribution >= 4 is 5.97 Å². The predicted octanol–water partition coefficient (Wildman–Crippen LogP) is 3.71. The van der Waals surface area contributed by atoms with Gasteiger partial charge in [0.2, 0.25) is 0 Å². The van der Waals surface area contributed by atoms with Crippen LogP contribution >= 0.6 is 0 Å². The van der Waals surface area contributed by atoms with Crippen LogP contribution in [0.1, 0.15) is 52.9 Å². The van der Waals surface area contributed by atoms with E-state index in [1.54, 1.807) is 6.08 Å². The van der Waals surface area contributed by atoms with Gasteiger partial charge in [0.1, 0.15) is 0 Å². The van der Waals surface area contributed by atoms with Crippen molar-refractivity contribution < 1.29 is 9.53 Å². The minimum absolute atomic E-state index is 0.181. The van der Waals surface area contributed by atoms with Crippen LogP contribution in [0, 0.1) is 11.3 Å². The summed E-state index contributed by atoms with van der Waals surface area (Å²) in [5.41, 5.74) is 0.401. The number of hydrogen-bond donors (Lipinski definition) is 0. The van der Waals surface area contributed by atoms with Gasteiger partial charge in [-0.3, -0.25) is 0 Å². The highest BCUT2D eigenvalue weighted by molar-refractivity contribution is 5.82. The zero-order valence-corrected chi connectivity index (χ0v) is 10.8. The fraction of sp³-hybridized carbons (Fsp3) is 0.786. The van der Waals surface area contributed by atoms with Crippen LogP contribution in [0.3, 0.4) is 0 Å². The Balaban J connectivity index is 2.03. The van der Waals surface area contributed by atoms with Crippen molar-refractivity contribution in [3.63, 3.8) is 0 Å². The quantitative estimate of drug-likeness (QED) is 0.374. The second-order valence-corrected chi connectivity index (χ2v) is 5.39. The first-order valence-electron chi connectivity index (χ1n) is 6.41. The predicted molar refractivity (Wildman–Crippen MR) is 66.1 cm³/mol. The number of carbonyl (C=O) groups excluding carboxylic acids is 1. The molecular weight excluding hydrogens is 200 g/mol. The molecule has 0 aliphatic heterocycles. The van der Waals surface area contributed by atoms with Crippen LogP contribution in [-0.2, 0) is 9.53 Å². The Morgan fingerprint density at radius 1 is 1.38 bits per heavy atom. The van der Waals surface area contributed by atoms with Crippen molar-refractivity contribution in [2.24, 2.45) is 11.3 Å². The van der Waals surface area contributed by atoms with Gasteiger partial charge in [0, 0.05) is 6.08 Å². The highest BCUT2D eigenvalue weighted by Gasteiger charge is 2.43. The summed E-state index contributed by atoms with van der Waals surface area (Å²) in [7, 11) is 0. The number of hydrogen-bond acceptors (Lipinski definition) is 2. The summed E-state index contributed by atoms with van der Waals surface area (Å²) in [6, 6.07) is 0. The van der Waals surface area contributed by atoms with E-state index < -0.39 is 0 Å². The van der Waals surface area contributed by atoms with Gasteiger partial charge in [-0.2, -0.15) is 0 Å². The summed E-state index contributed by atoms with van der Waals surface area (Å²) in [4.78, 5) is 11.3. The lowest BCUT2D eigenvalue weighted by atomic mass is 10.1. The third-order valence-electron chi connectivity index (χ3n) is 3.30. The van der Waals surface area contributed by atoms with E-state index in [1.165, 1.54) is 19.3 Å².